The van der Waals surface area contributed by atoms with E-state index in [4.69, 9.17) is 23.7 Å². The Hall–Kier alpha value is -4.59. The summed E-state index contributed by atoms with van der Waals surface area (Å²) in [5, 5.41) is 12.8. The summed E-state index contributed by atoms with van der Waals surface area (Å²) in [6.07, 6.45) is 6.54. The van der Waals surface area contributed by atoms with Crippen molar-refractivity contribution in [2.45, 2.75) is 0 Å². The van der Waals surface area contributed by atoms with E-state index in [1.165, 1.54) is 26.4 Å². The summed E-state index contributed by atoms with van der Waals surface area (Å²) in [6.45, 7) is 0. The predicted molar refractivity (Wildman–Crippen MR) is 140 cm³/mol. The summed E-state index contributed by atoms with van der Waals surface area (Å²) in [7, 11) is 7.66. The lowest BCUT2D eigenvalue weighted by Gasteiger charge is -2.16. The van der Waals surface area contributed by atoms with Gasteiger partial charge in [-0.15, -0.1) is 0 Å². The Kier molecular flexibility index (Phi) is 8.83. The minimum atomic E-state index is -0.410. The van der Waals surface area contributed by atoms with Crippen LogP contribution in [0.4, 0.5) is 5.69 Å². The van der Waals surface area contributed by atoms with Crippen molar-refractivity contribution in [2.24, 2.45) is 0 Å². The van der Waals surface area contributed by atoms with Crippen LogP contribution in [0.1, 0.15) is 16.7 Å². The van der Waals surface area contributed by atoms with Crippen molar-refractivity contribution in [3.05, 3.63) is 71.3 Å². The van der Waals surface area contributed by atoms with Crippen LogP contribution in [-0.2, 0) is 4.79 Å². The zero-order chi connectivity index (χ0) is 26.1. The van der Waals surface area contributed by atoms with Gasteiger partial charge in [0.2, 0.25) is 11.7 Å². The summed E-state index contributed by atoms with van der Waals surface area (Å²) in [5.41, 5.74) is 2.40. The number of carbonyl (C=O) groups excluding carboxylic acids is 1. The molecule has 3 rings (SSSR count). The van der Waals surface area contributed by atoms with Gasteiger partial charge in [-0.2, -0.15) is 0 Å². The third kappa shape index (κ3) is 5.90. The van der Waals surface area contributed by atoms with E-state index < -0.39 is 5.91 Å². The zero-order valence-electron chi connectivity index (χ0n) is 20.8. The number of rotatable bonds is 10. The van der Waals surface area contributed by atoms with Gasteiger partial charge in [-0.3, -0.25) is 4.79 Å². The van der Waals surface area contributed by atoms with Gasteiger partial charge in [0.15, 0.2) is 23.0 Å². The molecule has 1 amide bonds. The van der Waals surface area contributed by atoms with Crippen molar-refractivity contribution in [3.63, 3.8) is 0 Å². The molecule has 3 aromatic carbocycles. The maximum atomic E-state index is 12.8. The van der Waals surface area contributed by atoms with Gasteiger partial charge in [0.1, 0.15) is 5.75 Å². The average molecular weight is 492 g/mol. The Morgan fingerprint density at radius 2 is 1.36 bits per heavy atom. The molecule has 3 aromatic rings. The number of ether oxygens (including phenoxy) is 5. The van der Waals surface area contributed by atoms with Gasteiger partial charge in [-0.05, 0) is 42.0 Å². The van der Waals surface area contributed by atoms with Crippen molar-refractivity contribution >= 4 is 29.8 Å². The minimum absolute atomic E-state index is 0.0782. The largest absolute Gasteiger partial charge is 0.507 e. The first-order chi connectivity index (χ1) is 17.4. The number of para-hydroxylation sites is 1. The highest BCUT2D eigenvalue weighted by atomic mass is 16.5. The molecule has 0 saturated heterocycles. The minimum Gasteiger partial charge on any atom is -0.507 e. The third-order valence-corrected chi connectivity index (χ3v) is 5.32. The van der Waals surface area contributed by atoms with Gasteiger partial charge in [0.05, 0.1) is 41.2 Å². The van der Waals surface area contributed by atoms with Crippen molar-refractivity contribution in [1.82, 2.24) is 0 Å². The average Bonchev–Trinajstić information content (AvgIpc) is 2.90. The van der Waals surface area contributed by atoms with Crippen molar-refractivity contribution < 1.29 is 33.6 Å². The molecule has 0 fully saturated rings. The molecule has 0 radical (unpaired) electrons. The second-order valence-corrected chi connectivity index (χ2v) is 7.44. The molecule has 36 heavy (non-hydrogen) atoms. The molecule has 0 spiro atoms. The molecule has 188 valence electrons. The summed E-state index contributed by atoms with van der Waals surface area (Å²) in [5.74, 6) is 2.03. The van der Waals surface area contributed by atoms with Crippen molar-refractivity contribution in [1.29, 1.82) is 0 Å². The second-order valence-electron chi connectivity index (χ2n) is 7.44. The smallest absolute Gasteiger partial charge is 0.248 e. The lowest BCUT2D eigenvalue weighted by atomic mass is 10.1. The zero-order valence-corrected chi connectivity index (χ0v) is 20.8. The molecule has 0 aliphatic carbocycles. The Morgan fingerprint density at radius 1 is 0.722 bits per heavy atom. The van der Waals surface area contributed by atoms with Crippen LogP contribution >= 0.6 is 0 Å². The fourth-order valence-corrected chi connectivity index (χ4v) is 3.55. The standard InChI is InChI=1S/C28H29NO7/c1-32-22-14-12-20(11-10-18-16-23(33-2)27(35-4)24(17-18)34-3)26(28(22)36-5)29-25(31)15-13-19-8-6-7-9-21(19)30/h6-17,30H,1-5H3,(H,29,31)/b11-10?,15-13+. The highest BCUT2D eigenvalue weighted by Gasteiger charge is 2.16. The van der Waals surface area contributed by atoms with E-state index in [0.717, 1.165) is 5.56 Å². The molecule has 2 N–H and O–H groups in total. The number of anilines is 1. The predicted octanol–water partition coefficient (Wildman–Crippen LogP) is 5.26. The maximum absolute atomic E-state index is 12.8. The van der Waals surface area contributed by atoms with Crippen LogP contribution in [0.5, 0.6) is 34.5 Å². The molecule has 0 atom stereocenters. The molecule has 8 heteroatoms. The van der Waals surface area contributed by atoms with Crippen LogP contribution in [0.3, 0.4) is 0 Å². The van der Waals surface area contributed by atoms with Crippen LogP contribution < -0.4 is 29.0 Å². The van der Waals surface area contributed by atoms with E-state index in [-0.39, 0.29) is 5.75 Å². The van der Waals surface area contributed by atoms with Gasteiger partial charge < -0.3 is 34.1 Å². The first-order valence-electron chi connectivity index (χ1n) is 11.0. The lowest BCUT2D eigenvalue weighted by molar-refractivity contribution is -0.111. The van der Waals surface area contributed by atoms with Gasteiger partial charge >= 0.3 is 0 Å². The summed E-state index contributed by atoms with van der Waals surface area (Å²) in [6, 6.07) is 13.9. The molecule has 0 unspecified atom stereocenters. The van der Waals surface area contributed by atoms with Gasteiger partial charge in [0, 0.05) is 17.2 Å². The van der Waals surface area contributed by atoms with Gasteiger partial charge in [-0.25, -0.2) is 0 Å². The molecular formula is C28H29NO7. The van der Waals surface area contributed by atoms with Gasteiger partial charge in [-0.1, -0.05) is 30.4 Å². The van der Waals surface area contributed by atoms with Crippen LogP contribution in [0.15, 0.2) is 54.6 Å². The highest BCUT2D eigenvalue weighted by Crippen LogP contribution is 2.41. The third-order valence-electron chi connectivity index (χ3n) is 5.32. The number of amides is 1. The number of phenols is 1. The normalized spacial score (nSPS) is 10.9. The van der Waals surface area contributed by atoms with Crippen molar-refractivity contribution in [3.8, 4) is 34.5 Å². The van der Waals surface area contributed by atoms with E-state index in [1.807, 2.05) is 24.3 Å². The van der Waals surface area contributed by atoms with E-state index in [1.54, 1.807) is 57.7 Å². The molecule has 0 aromatic heterocycles. The van der Waals surface area contributed by atoms with Crippen LogP contribution in [0.2, 0.25) is 0 Å². The fraction of sp³-hybridized carbons (Fsp3) is 0.179. The number of benzene rings is 3. The Bertz CT molecular complexity index is 1260. The second kappa shape index (κ2) is 12.2. The number of aromatic hydroxyl groups is 1. The van der Waals surface area contributed by atoms with E-state index in [0.29, 0.717) is 45.6 Å². The van der Waals surface area contributed by atoms with Crippen LogP contribution in [0.25, 0.3) is 18.2 Å². The first-order valence-corrected chi connectivity index (χ1v) is 11.0. The molecule has 0 bridgehead atoms. The molecule has 8 nitrogen and oxygen atoms in total. The maximum Gasteiger partial charge on any atom is 0.248 e. The van der Waals surface area contributed by atoms with E-state index in [2.05, 4.69) is 5.32 Å². The number of hydrogen-bond acceptors (Lipinski definition) is 7. The highest BCUT2D eigenvalue weighted by molar-refractivity contribution is 6.05. The number of carbonyl (C=O) groups is 1. The van der Waals surface area contributed by atoms with Gasteiger partial charge in [0.25, 0.3) is 0 Å². The quantitative estimate of drug-likeness (QED) is 0.295. The molecular weight excluding hydrogens is 462 g/mol. The van der Waals surface area contributed by atoms with E-state index in [9.17, 15) is 9.90 Å². The van der Waals surface area contributed by atoms with Crippen LogP contribution in [-0.4, -0.2) is 46.6 Å². The van der Waals surface area contributed by atoms with Crippen LogP contribution in [0, 0.1) is 0 Å². The summed E-state index contributed by atoms with van der Waals surface area (Å²) >= 11 is 0. The molecule has 0 saturated carbocycles. The lowest BCUT2D eigenvalue weighted by Crippen LogP contribution is -2.11. The monoisotopic (exact) mass is 491 g/mol. The number of methoxy groups -OCH3 is 5. The number of phenolic OH excluding ortho intramolecular Hbond substituents is 1. The summed E-state index contributed by atoms with van der Waals surface area (Å²) < 4.78 is 27.2. The first kappa shape index (κ1) is 26.0. The number of nitrogens with one attached hydrogen (secondary N) is 1. The molecule has 0 aliphatic heterocycles. The van der Waals surface area contributed by atoms with E-state index >= 15 is 0 Å². The SMILES string of the molecule is COc1cc(C=Cc2ccc(OC)c(OC)c2NC(=O)/C=C/c2ccccc2O)cc(OC)c1OC. The Morgan fingerprint density at radius 3 is 1.94 bits per heavy atom. The van der Waals surface area contributed by atoms with Crippen molar-refractivity contribution in [2.75, 3.05) is 40.9 Å². The Balaban J connectivity index is 1.98. The molecule has 0 aliphatic rings. The Labute approximate surface area is 210 Å². The topological polar surface area (TPSA) is 95.5 Å². The summed E-state index contributed by atoms with van der Waals surface area (Å²) in [4.78, 5) is 12.8. The fourth-order valence-electron chi connectivity index (χ4n) is 3.55. The molecule has 0 heterocycles. The number of hydrogen-bond donors (Lipinski definition) is 2.